The molecule has 3 unspecified atom stereocenters. The molecule has 0 bridgehead atoms. The number of hydrogen-bond acceptors (Lipinski definition) is 3. The van der Waals surface area contributed by atoms with E-state index in [1.807, 2.05) is 0 Å². The summed E-state index contributed by atoms with van der Waals surface area (Å²) in [5, 5.41) is 6.04. The molecular weight excluding hydrogens is 302 g/mol. The zero-order chi connectivity index (χ0) is 17.9. The van der Waals surface area contributed by atoms with Crippen LogP contribution in [0.15, 0.2) is 0 Å². The summed E-state index contributed by atoms with van der Waals surface area (Å²) in [5.41, 5.74) is 0. The lowest BCUT2D eigenvalue weighted by Crippen LogP contribution is -2.44. The van der Waals surface area contributed by atoms with Crippen LogP contribution >= 0.6 is 0 Å². The minimum Gasteiger partial charge on any atom is -0.356 e. The van der Waals surface area contributed by atoms with Crippen molar-refractivity contribution in [3.63, 3.8) is 0 Å². The van der Waals surface area contributed by atoms with Crippen LogP contribution in [-0.2, 0) is 9.59 Å². The van der Waals surface area contributed by atoms with Gasteiger partial charge in [-0.15, -0.1) is 0 Å². The van der Waals surface area contributed by atoms with Gasteiger partial charge in [-0.25, -0.2) is 0 Å². The van der Waals surface area contributed by atoms with Crippen LogP contribution in [0.5, 0.6) is 0 Å². The summed E-state index contributed by atoms with van der Waals surface area (Å²) >= 11 is 0. The number of carbonyl (C=O) groups is 2. The Hall–Kier alpha value is -1.10. The summed E-state index contributed by atoms with van der Waals surface area (Å²) in [6.07, 6.45) is 5.03. The number of nitrogens with zero attached hydrogens (tertiary/aromatic N) is 1. The van der Waals surface area contributed by atoms with Crippen LogP contribution in [0, 0.1) is 11.8 Å². The molecule has 2 N–H and O–H groups in total. The molecule has 5 nitrogen and oxygen atoms in total. The number of rotatable bonds is 10. The van der Waals surface area contributed by atoms with Gasteiger partial charge in [-0.2, -0.15) is 0 Å². The standard InChI is InChI=1S/C19H37N3O2/c1-5-22(6-2)14-8-13-20-18(23)11-12-19(24)21-17-10-7-9-15(3)16(17)4/h15-17H,5-14H2,1-4H3,(H,20,23)(H,21,24). The van der Waals surface area contributed by atoms with E-state index in [0.29, 0.717) is 24.8 Å². The van der Waals surface area contributed by atoms with Crippen LogP contribution in [0.25, 0.3) is 0 Å². The molecule has 0 aromatic heterocycles. The minimum atomic E-state index is -0.0187. The van der Waals surface area contributed by atoms with Crippen LogP contribution in [0.1, 0.15) is 66.2 Å². The summed E-state index contributed by atoms with van der Waals surface area (Å²) in [4.78, 5) is 26.2. The van der Waals surface area contributed by atoms with E-state index in [-0.39, 0.29) is 24.3 Å². The van der Waals surface area contributed by atoms with Gasteiger partial charge >= 0.3 is 0 Å². The fraction of sp³-hybridized carbons (Fsp3) is 0.895. The van der Waals surface area contributed by atoms with E-state index in [0.717, 1.165) is 32.5 Å². The van der Waals surface area contributed by atoms with Crippen LogP contribution in [0.4, 0.5) is 0 Å². The van der Waals surface area contributed by atoms with Gasteiger partial charge in [0.05, 0.1) is 0 Å². The lowest BCUT2D eigenvalue weighted by molar-refractivity contribution is -0.127. The summed E-state index contributed by atoms with van der Waals surface area (Å²) < 4.78 is 0. The van der Waals surface area contributed by atoms with Gasteiger partial charge in [0.25, 0.3) is 0 Å². The van der Waals surface area contributed by atoms with Gasteiger partial charge in [0.1, 0.15) is 0 Å². The molecule has 2 amide bonds. The first kappa shape index (κ1) is 20.9. The van der Waals surface area contributed by atoms with Gasteiger partial charge in [0, 0.05) is 25.4 Å². The lowest BCUT2D eigenvalue weighted by Gasteiger charge is -2.34. The maximum atomic E-state index is 12.1. The first-order valence-corrected chi connectivity index (χ1v) is 9.76. The van der Waals surface area contributed by atoms with Gasteiger partial charge in [-0.3, -0.25) is 9.59 Å². The van der Waals surface area contributed by atoms with E-state index < -0.39 is 0 Å². The second-order valence-electron chi connectivity index (χ2n) is 7.17. The highest BCUT2D eigenvalue weighted by Gasteiger charge is 2.27. The molecule has 1 aliphatic rings. The molecule has 1 aliphatic carbocycles. The van der Waals surface area contributed by atoms with Gasteiger partial charge in [-0.05, 0) is 44.3 Å². The SMILES string of the molecule is CCN(CC)CCCNC(=O)CCC(=O)NC1CCCC(C)C1C. The molecule has 0 aromatic carbocycles. The number of nitrogens with one attached hydrogen (secondary N) is 2. The highest BCUT2D eigenvalue weighted by Crippen LogP contribution is 2.29. The molecular formula is C19H37N3O2. The third-order valence-electron chi connectivity index (χ3n) is 5.50. The van der Waals surface area contributed by atoms with Crippen molar-refractivity contribution in [1.29, 1.82) is 0 Å². The normalized spacial score (nSPS) is 24.0. The Kier molecular flexibility index (Phi) is 9.99. The van der Waals surface area contributed by atoms with Crippen molar-refractivity contribution in [2.45, 2.75) is 72.3 Å². The van der Waals surface area contributed by atoms with E-state index in [2.05, 4.69) is 43.2 Å². The molecule has 5 heteroatoms. The molecule has 1 fully saturated rings. The molecule has 0 spiro atoms. The monoisotopic (exact) mass is 339 g/mol. The summed E-state index contributed by atoms with van der Waals surface area (Å²) in [7, 11) is 0. The molecule has 140 valence electrons. The van der Waals surface area contributed by atoms with Gasteiger partial charge in [0.15, 0.2) is 0 Å². The third-order valence-corrected chi connectivity index (χ3v) is 5.50. The van der Waals surface area contributed by atoms with E-state index in [1.54, 1.807) is 0 Å². The topological polar surface area (TPSA) is 61.4 Å². The van der Waals surface area contributed by atoms with Crippen LogP contribution < -0.4 is 10.6 Å². The first-order chi connectivity index (χ1) is 11.5. The first-order valence-electron chi connectivity index (χ1n) is 9.76. The molecule has 0 aromatic rings. The van der Waals surface area contributed by atoms with Crippen LogP contribution in [-0.4, -0.2) is 48.9 Å². The summed E-state index contributed by atoms with van der Waals surface area (Å²) in [6.45, 7) is 12.6. The van der Waals surface area contributed by atoms with Crippen molar-refractivity contribution in [1.82, 2.24) is 15.5 Å². The van der Waals surface area contributed by atoms with Crippen molar-refractivity contribution in [2.24, 2.45) is 11.8 Å². The van der Waals surface area contributed by atoms with Crippen molar-refractivity contribution >= 4 is 11.8 Å². The average molecular weight is 340 g/mol. The molecule has 1 saturated carbocycles. The Morgan fingerprint density at radius 2 is 1.71 bits per heavy atom. The van der Waals surface area contributed by atoms with Gasteiger partial charge in [0.2, 0.25) is 11.8 Å². The fourth-order valence-electron chi connectivity index (χ4n) is 3.45. The Bertz CT molecular complexity index is 383. The van der Waals surface area contributed by atoms with Crippen molar-refractivity contribution in [3.8, 4) is 0 Å². The maximum Gasteiger partial charge on any atom is 0.220 e. The van der Waals surface area contributed by atoms with Gasteiger partial charge < -0.3 is 15.5 Å². The minimum absolute atomic E-state index is 0.0132. The average Bonchev–Trinajstić information content (AvgIpc) is 2.57. The highest BCUT2D eigenvalue weighted by atomic mass is 16.2. The Balaban J connectivity index is 2.14. The molecule has 1 rings (SSSR count). The Morgan fingerprint density at radius 1 is 1.04 bits per heavy atom. The van der Waals surface area contributed by atoms with E-state index in [4.69, 9.17) is 0 Å². The quantitative estimate of drug-likeness (QED) is 0.601. The van der Waals surface area contributed by atoms with Crippen LogP contribution in [0.2, 0.25) is 0 Å². The van der Waals surface area contributed by atoms with Crippen LogP contribution in [0.3, 0.4) is 0 Å². The Morgan fingerprint density at radius 3 is 2.38 bits per heavy atom. The summed E-state index contributed by atoms with van der Waals surface area (Å²) in [5.74, 6) is 1.18. The number of amides is 2. The number of hydrogen-bond donors (Lipinski definition) is 2. The maximum absolute atomic E-state index is 12.1. The van der Waals surface area contributed by atoms with Crippen molar-refractivity contribution < 1.29 is 9.59 Å². The molecule has 3 atom stereocenters. The predicted molar refractivity (Wildman–Crippen MR) is 98.8 cm³/mol. The number of carbonyl (C=O) groups excluding carboxylic acids is 2. The van der Waals surface area contributed by atoms with E-state index >= 15 is 0 Å². The van der Waals surface area contributed by atoms with Gasteiger partial charge in [-0.1, -0.05) is 40.5 Å². The molecule has 24 heavy (non-hydrogen) atoms. The summed E-state index contributed by atoms with van der Waals surface area (Å²) in [6, 6.07) is 0.276. The zero-order valence-electron chi connectivity index (χ0n) is 16.1. The second-order valence-corrected chi connectivity index (χ2v) is 7.17. The lowest BCUT2D eigenvalue weighted by atomic mass is 9.78. The largest absolute Gasteiger partial charge is 0.356 e. The fourth-order valence-corrected chi connectivity index (χ4v) is 3.45. The molecule has 0 heterocycles. The van der Waals surface area contributed by atoms with Crippen molar-refractivity contribution in [3.05, 3.63) is 0 Å². The molecule has 0 saturated heterocycles. The Labute approximate surface area is 147 Å². The van der Waals surface area contributed by atoms with E-state index in [1.165, 1.54) is 12.8 Å². The van der Waals surface area contributed by atoms with Crippen molar-refractivity contribution in [2.75, 3.05) is 26.2 Å². The molecule has 0 aliphatic heterocycles. The second kappa shape index (κ2) is 11.5. The highest BCUT2D eigenvalue weighted by molar-refractivity contribution is 5.83. The third kappa shape index (κ3) is 7.65. The smallest absolute Gasteiger partial charge is 0.220 e. The molecule has 0 radical (unpaired) electrons. The van der Waals surface area contributed by atoms with E-state index in [9.17, 15) is 9.59 Å². The zero-order valence-corrected chi connectivity index (χ0v) is 16.1. The predicted octanol–water partition coefficient (Wildman–Crippen LogP) is 2.56.